The molecule has 1 heterocycles. The Labute approximate surface area is 171 Å². The van der Waals surface area contributed by atoms with Crippen LogP contribution in [0.5, 0.6) is 0 Å². The van der Waals surface area contributed by atoms with Crippen molar-refractivity contribution in [2.45, 2.75) is 14.4 Å². The molecule has 1 N–H and O–H groups in total. The molecule has 10 heteroatoms. The highest BCUT2D eigenvalue weighted by Crippen LogP contribution is 2.32. The van der Waals surface area contributed by atoms with Gasteiger partial charge in [-0.1, -0.05) is 41.9 Å². The lowest BCUT2D eigenvalue weighted by Crippen LogP contribution is -2.32. The molecule has 28 heavy (non-hydrogen) atoms. The summed E-state index contributed by atoms with van der Waals surface area (Å²) in [5, 5.41) is 0.404. The van der Waals surface area contributed by atoms with E-state index >= 15 is 0 Å². The molecule has 2 aromatic carbocycles. The number of thiophene rings is 1. The maximum Gasteiger partial charge on any atom is 0.242 e. The Kier molecular flexibility index (Phi) is 6.21. The smallest absolute Gasteiger partial charge is 0.222 e. The number of hydrogen-bond acceptors (Lipinski definition) is 5. The standard InChI is InChI=1S/C18H15ClFNO4S3/c19-15-4-1-2-5-16(15)28(24,25)21-12-17(13-7-9-14(20)10-8-13)27(22,23)18-6-3-11-26-18/h1-11,17,21H,12H2/t17-/m1/s1. The third-order valence-corrected chi connectivity index (χ3v) is 9.43. The minimum absolute atomic E-state index is 0.0226. The average molecular weight is 460 g/mol. The highest BCUT2D eigenvalue weighted by Gasteiger charge is 2.32. The summed E-state index contributed by atoms with van der Waals surface area (Å²) < 4.78 is 67.0. The zero-order valence-corrected chi connectivity index (χ0v) is 17.5. The fourth-order valence-electron chi connectivity index (χ4n) is 2.58. The first-order valence-electron chi connectivity index (χ1n) is 7.99. The van der Waals surface area contributed by atoms with Crippen LogP contribution in [-0.2, 0) is 19.9 Å². The Hall–Kier alpha value is -1.78. The van der Waals surface area contributed by atoms with Gasteiger partial charge in [0.2, 0.25) is 10.0 Å². The van der Waals surface area contributed by atoms with Gasteiger partial charge in [0, 0.05) is 6.54 Å². The van der Waals surface area contributed by atoms with Crippen molar-refractivity contribution in [1.29, 1.82) is 0 Å². The van der Waals surface area contributed by atoms with E-state index in [9.17, 15) is 21.2 Å². The van der Waals surface area contributed by atoms with Crippen molar-refractivity contribution < 1.29 is 21.2 Å². The largest absolute Gasteiger partial charge is 0.242 e. The van der Waals surface area contributed by atoms with Gasteiger partial charge < -0.3 is 0 Å². The predicted molar refractivity (Wildman–Crippen MR) is 107 cm³/mol. The molecular formula is C18H15ClFNO4S3. The zero-order chi connectivity index (χ0) is 20.4. The molecule has 1 aromatic heterocycles. The molecular weight excluding hydrogens is 445 g/mol. The lowest BCUT2D eigenvalue weighted by Gasteiger charge is -2.18. The summed E-state index contributed by atoms with van der Waals surface area (Å²) in [5.74, 6) is -0.521. The Morgan fingerprint density at radius 2 is 1.64 bits per heavy atom. The van der Waals surface area contributed by atoms with Crippen molar-refractivity contribution in [2.75, 3.05) is 6.54 Å². The first kappa shape index (κ1) is 20.9. The maximum absolute atomic E-state index is 13.3. The van der Waals surface area contributed by atoms with Gasteiger partial charge in [-0.2, -0.15) is 0 Å². The van der Waals surface area contributed by atoms with E-state index in [1.54, 1.807) is 17.5 Å². The first-order valence-corrected chi connectivity index (χ1v) is 12.3. The van der Waals surface area contributed by atoms with Crippen LogP contribution >= 0.6 is 22.9 Å². The first-order chi connectivity index (χ1) is 13.2. The topological polar surface area (TPSA) is 80.3 Å². The highest BCUT2D eigenvalue weighted by atomic mass is 35.5. The molecule has 0 fully saturated rings. The molecule has 0 bridgehead atoms. The second-order valence-electron chi connectivity index (χ2n) is 5.80. The number of sulfonamides is 1. The summed E-state index contributed by atoms with van der Waals surface area (Å²) in [4.78, 5) is -0.150. The van der Waals surface area contributed by atoms with Crippen LogP contribution in [0.2, 0.25) is 5.02 Å². The van der Waals surface area contributed by atoms with E-state index in [1.807, 2.05) is 0 Å². The Morgan fingerprint density at radius 3 is 2.25 bits per heavy atom. The zero-order valence-electron chi connectivity index (χ0n) is 14.2. The summed E-state index contributed by atoms with van der Waals surface area (Å²) in [6.45, 7) is -0.431. The molecule has 3 rings (SSSR count). The Balaban J connectivity index is 1.97. The molecule has 0 spiro atoms. The van der Waals surface area contributed by atoms with Crippen LogP contribution in [-0.4, -0.2) is 23.4 Å². The van der Waals surface area contributed by atoms with Crippen molar-refractivity contribution in [3.63, 3.8) is 0 Å². The van der Waals surface area contributed by atoms with E-state index in [-0.39, 0.29) is 19.7 Å². The van der Waals surface area contributed by atoms with E-state index in [2.05, 4.69) is 4.72 Å². The normalized spacial score (nSPS) is 13.4. The predicted octanol–water partition coefficient (Wildman–Crippen LogP) is 4.03. The van der Waals surface area contributed by atoms with Crippen molar-refractivity contribution in [3.8, 4) is 0 Å². The Bertz CT molecular complexity index is 1160. The number of halogens is 2. The van der Waals surface area contributed by atoms with Crippen molar-refractivity contribution >= 4 is 42.8 Å². The van der Waals surface area contributed by atoms with Gasteiger partial charge in [-0.05, 0) is 41.3 Å². The molecule has 0 unspecified atom stereocenters. The van der Waals surface area contributed by atoms with Gasteiger partial charge in [-0.25, -0.2) is 25.9 Å². The lowest BCUT2D eigenvalue weighted by atomic mass is 10.1. The summed E-state index contributed by atoms with van der Waals surface area (Å²) in [7, 11) is -7.95. The number of rotatable bonds is 7. The number of sulfone groups is 1. The van der Waals surface area contributed by atoms with Crippen LogP contribution in [0.4, 0.5) is 4.39 Å². The molecule has 0 aliphatic heterocycles. The fraction of sp³-hybridized carbons (Fsp3) is 0.111. The molecule has 5 nitrogen and oxygen atoms in total. The summed E-state index contributed by atoms with van der Waals surface area (Å²) in [6, 6.07) is 13.8. The van der Waals surface area contributed by atoms with Crippen molar-refractivity contribution in [3.05, 3.63) is 82.4 Å². The van der Waals surface area contributed by atoms with Crippen molar-refractivity contribution in [2.24, 2.45) is 0 Å². The van der Waals surface area contributed by atoms with E-state index in [4.69, 9.17) is 11.6 Å². The number of nitrogens with one attached hydrogen (secondary N) is 1. The molecule has 148 valence electrons. The summed E-state index contributed by atoms with van der Waals surface area (Å²) in [6.07, 6.45) is 0. The molecule has 3 aromatic rings. The fourth-order valence-corrected chi connectivity index (χ4v) is 7.11. The third-order valence-electron chi connectivity index (χ3n) is 3.98. The van der Waals surface area contributed by atoms with Gasteiger partial charge in [0.1, 0.15) is 20.2 Å². The lowest BCUT2D eigenvalue weighted by molar-refractivity contribution is 0.569. The van der Waals surface area contributed by atoms with Crippen molar-refractivity contribution in [1.82, 2.24) is 4.72 Å². The molecule has 0 radical (unpaired) electrons. The van der Waals surface area contributed by atoms with Gasteiger partial charge in [-0.15, -0.1) is 11.3 Å². The van der Waals surface area contributed by atoms with Gasteiger partial charge in [0.05, 0.1) is 5.02 Å². The molecule has 1 atom stereocenters. The Morgan fingerprint density at radius 1 is 0.964 bits per heavy atom. The second kappa shape index (κ2) is 8.30. The minimum Gasteiger partial charge on any atom is -0.222 e. The molecule has 0 aliphatic rings. The van der Waals surface area contributed by atoms with Crippen LogP contribution in [0.15, 0.2) is 75.1 Å². The average Bonchev–Trinajstić information content (AvgIpc) is 3.19. The van der Waals surface area contributed by atoms with E-state index in [0.717, 1.165) is 23.5 Å². The molecule has 0 saturated carbocycles. The minimum atomic E-state index is -4.05. The summed E-state index contributed by atoms with van der Waals surface area (Å²) in [5.41, 5.74) is 0.275. The van der Waals surface area contributed by atoms with E-state index in [1.165, 1.54) is 36.4 Å². The van der Waals surface area contributed by atoms with Gasteiger partial charge in [-0.3, -0.25) is 0 Å². The third kappa shape index (κ3) is 4.44. The van der Waals surface area contributed by atoms with Crippen LogP contribution in [0.25, 0.3) is 0 Å². The van der Waals surface area contributed by atoms with E-state index < -0.39 is 37.5 Å². The van der Waals surface area contributed by atoms with Crippen LogP contribution in [0, 0.1) is 5.82 Å². The molecule has 0 saturated heterocycles. The van der Waals surface area contributed by atoms with Crippen LogP contribution < -0.4 is 4.72 Å². The quantitative estimate of drug-likeness (QED) is 0.578. The molecule has 0 amide bonds. The van der Waals surface area contributed by atoms with Gasteiger partial charge in [0.25, 0.3) is 0 Å². The van der Waals surface area contributed by atoms with Crippen LogP contribution in [0.3, 0.4) is 0 Å². The maximum atomic E-state index is 13.3. The van der Waals surface area contributed by atoms with Gasteiger partial charge >= 0.3 is 0 Å². The van der Waals surface area contributed by atoms with E-state index in [0.29, 0.717) is 0 Å². The molecule has 0 aliphatic carbocycles. The number of hydrogen-bond donors (Lipinski definition) is 1. The van der Waals surface area contributed by atoms with Gasteiger partial charge in [0.15, 0.2) is 9.84 Å². The monoisotopic (exact) mass is 459 g/mol. The second-order valence-corrected chi connectivity index (χ2v) is 11.2. The number of benzene rings is 2. The summed E-state index contributed by atoms with van der Waals surface area (Å²) >= 11 is 6.98. The SMILES string of the molecule is O=S(=O)(NC[C@H](c1ccc(F)cc1)S(=O)(=O)c1cccs1)c1ccccc1Cl. The highest BCUT2D eigenvalue weighted by molar-refractivity contribution is 7.93. The van der Waals surface area contributed by atoms with Crippen LogP contribution in [0.1, 0.15) is 10.8 Å².